The lowest BCUT2D eigenvalue weighted by molar-refractivity contribution is 0.0819. The minimum absolute atomic E-state index is 0.0350. The standard InChI is InChI=1S/C32H40FN5O2S/c1-22-30(23(2)39)41-32(34-22)36-31(40)35-29-14-16-38(18-25-7-4-3-5-8-25)21-27(29)20-37-15-6-9-26(19-37)17-24-10-12-28(33)13-11-24/h3-5,7-8,10-13,26-27,29H,6,9,14-21H2,1-2H3,(H2,34,35,36,40)/t26-,27+,29+/m0/s1. The Hall–Kier alpha value is -3.14. The molecule has 0 bridgehead atoms. The number of halogens is 1. The number of amides is 2. The van der Waals surface area contributed by atoms with Gasteiger partial charge in [-0.3, -0.25) is 15.0 Å². The highest BCUT2D eigenvalue weighted by atomic mass is 32.1. The number of piperidine rings is 2. The summed E-state index contributed by atoms with van der Waals surface area (Å²) in [4.78, 5) is 34.9. The predicted octanol–water partition coefficient (Wildman–Crippen LogP) is 5.76. The monoisotopic (exact) mass is 577 g/mol. The van der Waals surface area contributed by atoms with Gasteiger partial charge in [-0.2, -0.15) is 0 Å². The number of thiazole rings is 1. The normalized spacial score (nSPS) is 21.9. The van der Waals surface area contributed by atoms with Crippen LogP contribution in [0.3, 0.4) is 0 Å². The molecule has 41 heavy (non-hydrogen) atoms. The van der Waals surface area contributed by atoms with Gasteiger partial charge in [0.2, 0.25) is 0 Å². The van der Waals surface area contributed by atoms with Gasteiger partial charge in [0.15, 0.2) is 10.9 Å². The maximum Gasteiger partial charge on any atom is 0.321 e. The third-order valence-electron chi connectivity index (χ3n) is 8.25. The number of aryl methyl sites for hydroxylation is 1. The average molecular weight is 578 g/mol. The Morgan fingerprint density at radius 3 is 2.51 bits per heavy atom. The number of likely N-dealkylation sites (tertiary alicyclic amines) is 2. The number of hydrogen-bond donors (Lipinski definition) is 2. The second-order valence-corrected chi connectivity index (χ2v) is 12.6. The van der Waals surface area contributed by atoms with Crippen molar-refractivity contribution in [1.82, 2.24) is 20.1 Å². The Morgan fingerprint density at radius 1 is 1.00 bits per heavy atom. The van der Waals surface area contributed by atoms with Crippen LogP contribution in [0.15, 0.2) is 54.6 Å². The van der Waals surface area contributed by atoms with Crippen LogP contribution in [0.1, 0.15) is 52.7 Å². The molecule has 0 saturated carbocycles. The molecule has 3 aromatic rings. The summed E-state index contributed by atoms with van der Waals surface area (Å²) in [5.41, 5.74) is 3.13. The highest BCUT2D eigenvalue weighted by Gasteiger charge is 2.33. The summed E-state index contributed by atoms with van der Waals surface area (Å²) in [6.45, 7) is 9.01. The molecule has 2 aromatic carbocycles. The smallest absolute Gasteiger partial charge is 0.321 e. The van der Waals surface area contributed by atoms with Gasteiger partial charge >= 0.3 is 6.03 Å². The molecular formula is C32H40FN5O2S. The molecule has 7 nitrogen and oxygen atoms in total. The SMILES string of the molecule is CC(=O)c1sc(NC(=O)N[C@@H]2CCN(Cc3ccccc3)C[C@H]2CN2CCC[C@@H](Cc3ccc(F)cc3)C2)nc1C. The number of anilines is 1. The Morgan fingerprint density at radius 2 is 1.78 bits per heavy atom. The number of Topliss-reactive ketones (excluding diaryl/α,β-unsaturated/α-hetero) is 1. The van der Waals surface area contributed by atoms with Crippen molar-refractivity contribution in [3.05, 3.63) is 82.1 Å². The van der Waals surface area contributed by atoms with Crippen molar-refractivity contribution in [2.75, 3.05) is 38.0 Å². The topological polar surface area (TPSA) is 77.6 Å². The summed E-state index contributed by atoms with van der Waals surface area (Å²) in [7, 11) is 0. The Labute approximate surface area is 246 Å². The zero-order chi connectivity index (χ0) is 28.8. The molecule has 0 aliphatic carbocycles. The van der Waals surface area contributed by atoms with Gasteiger partial charge in [-0.05, 0) is 68.3 Å². The van der Waals surface area contributed by atoms with Crippen LogP contribution in [0, 0.1) is 24.6 Å². The van der Waals surface area contributed by atoms with Crippen LogP contribution in [0.5, 0.6) is 0 Å². The van der Waals surface area contributed by atoms with Gasteiger partial charge < -0.3 is 10.2 Å². The number of aromatic nitrogens is 1. The van der Waals surface area contributed by atoms with Gasteiger partial charge in [0.25, 0.3) is 0 Å². The van der Waals surface area contributed by atoms with Crippen molar-refractivity contribution in [2.24, 2.45) is 11.8 Å². The molecule has 2 amide bonds. The number of carbonyl (C=O) groups is 2. The largest absolute Gasteiger partial charge is 0.335 e. The van der Waals surface area contributed by atoms with Crippen LogP contribution >= 0.6 is 11.3 Å². The molecule has 218 valence electrons. The first-order chi connectivity index (χ1) is 19.8. The van der Waals surface area contributed by atoms with Crippen molar-refractivity contribution < 1.29 is 14.0 Å². The zero-order valence-corrected chi connectivity index (χ0v) is 24.8. The lowest BCUT2D eigenvalue weighted by Crippen LogP contribution is -2.55. The highest BCUT2D eigenvalue weighted by Crippen LogP contribution is 2.27. The van der Waals surface area contributed by atoms with E-state index in [4.69, 9.17) is 0 Å². The van der Waals surface area contributed by atoms with Gasteiger partial charge in [0.1, 0.15) is 5.82 Å². The lowest BCUT2D eigenvalue weighted by Gasteiger charge is -2.42. The molecule has 0 unspecified atom stereocenters. The summed E-state index contributed by atoms with van der Waals surface area (Å²) in [6, 6.07) is 17.2. The van der Waals surface area contributed by atoms with Crippen molar-refractivity contribution in [3.8, 4) is 0 Å². The Bertz CT molecular complexity index is 1320. The van der Waals surface area contributed by atoms with Gasteiger partial charge in [0.05, 0.1) is 10.6 Å². The second-order valence-electron chi connectivity index (χ2n) is 11.6. The van der Waals surface area contributed by atoms with E-state index in [1.807, 2.05) is 18.2 Å². The third-order valence-corrected chi connectivity index (χ3v) is 9.43. The summed E-state index contributed by atoms with van der Waals surface area (Å²) in [6.07, 6.45) is 4.15. The molecule has 9 heteroatoms. The van der Waals surface area contributed by atoms with E-state index in [0.29, 0.717) is 21.6 Å². The molecular weight excluding hydrogens is 537 g/mol. The number of hydrogen-bond acceptors (Lipinski definition) is 6. The first-order valence-corrected chi connectivity index (χ1v) is 15.4. The molecule has 3 atom stereocenters. The number of benzene rings is 2. The van der Waals surface area contributed by atoms with Gasteiger partial charge in [-0.1, -0.05) is 53.8 Å². The first-order valence-electron chi connectivity index (χ1n) is 14.6. The fraction of sp³-hybridized carbons (Fsp3) is 0.469. The Balaban J connectivity index is 1.23. The molecule has 2 saturated heterocycles. The molecule has 0 spiro atoms. The van der Waals surface area contributed by atoms with Crippen molar-refractivity contribution in [1.29, 1.82) is 0 Å². The Kier molecular flexibility index (Phi) is 9.80. The van der Waals surface area contributed by atoms with E-state index in [-0.39, 0.29) is 29.6 Å². The minimum Gasteiger partial charge on any atom is -0.335 e. The minimum atomic E-state index is -0.270. The molecule has 2 N–H and O–H groups in total. The quantitative estimate of drug-likeness (QED) is 0.316. The molecule has 2 fully saturated rings. The number of rotatable bonds is 9. The van der Waals surface area contributed by atoms with Crippen LogP contribution in [0.4, 0.5) is 14.3 Å². The van der Waals surface area contributed by atoms with Gasteiger partial charge in [-0.15, -0.1) is 0 Å². The number of nitrogens with one attached hydrogen (secondary N) is 2. The summed E-state index contributed by atoms with van der Waals surface area (Å²) >= 11 is 1.22. The molecule has 0 radical (unpaired) electrons. The lowest BCUT2D eigenvalue weighted by atomic mass is 9.88. The molecule has 1 aromatic heterocycles. The predicted molar refractivity (Wildman–Crippen MR) is 162 cm³/mol. The fourth-order valence-corrected chi connectivity index (χ4v) is 7.17. The summed E-state index contributed by atoms with van der Waals surface area (Å²) in [5, 5.41) is 6.57. The van der Waals surface area contributed by atoms with Gasteiger partial charge in [0, 0.05) is 51.6 Å². The van der Waals surface area contributed by atoms with E-state index in [1.54, 1.807) is 19.1 Å². The number of urea groups is 1. The van der Waals surface area contributed by atoms with E-state index in [9.17, 15) is 14.0 Å². The van der Waals surface area contributed by atoms with Crippen molar-refractivity contribution >= 4 is 28.3 Å². The second kappa shape index (κ2) is 13.7. The average Bonchev–Trinajstić information content (AvgIpc) is 3.32. The van der Waals surface area contributed by atoms with Crippen LogP contribution in [-0.2, 0) is 13.0 Å². The van der Waals surface area contributed by atoms with E-state index < -0.39 is 0 Å². The molecule has 2 aliphatic heterocycles. The number of carbonyl (C=O) groups excluding carboxylic acids is 2. The third kappa shape index (κ3) is 8.21. The number of nitrogens with zero attached hydrogens (tertiary/aromatic N) is 3. The van der Waals surface area contributed by atoms with Crippen LogP contribution in [0.2, 0.25) is 0 Å². The maximum atomic E-state index is 13.4. The fourth-order valence-electron chi connectivity index (χ4n) is 6.32. The molecule has 3 heterocycles. The van der Waals surface area contributed by atoms with Crippen LogP contribution < -0.4 is 10.6 Å². The van der Waals surface area contributed by atoms with Crippen molar-refractivity contribution in [3.63, 3.8) is 0 Å². The summed E-state index contributed by atoms with van der Waals surface area (Å²) < 4.78 is 13.4. The highest BCUT2D eigenvalue weighted by molar-refractivity contribution is 7.17. The maximum absolute atomic E-state index is 13.4. The zero-order valence-electron chi connectivity index (χ0n) is 23.9. The van der Waals surface area contributed by atoms with Crippen LogP contribution in [-0.4, -0.2) is 65.4 Å². The van der Waals surface area contributed by atoms with E-state index in [0.717, 1.165) is 58.5 Å². The van der Waals surface area contributed by atoms with E-state index in [2.05, 4.69) is 49.7 Å². The van der Waals surface area contributed by atoms with E-state index >= 15 is 0 Å². The van der Waals surface area contributed by atoms with Crippen molar-refractivity contribution in [2.45, 2.75) is 52.1 Å². The van der Waals surface area contributed by atoms with Gasteiger partial charge in [-0.25, -0.2) is 14.2 Å². The number of ketones is 1. The molecule has 2 aliphatic rings. The summed E-state index contributed by atoms with van der Waals surface area (Å²) in [5.74, 6) is 0.576. The van der Waals surface area contributed by atoms with E-state index in [1.165, 1.54) is 35.8 Å². The molecule has 5 rings (SSSR count). The first kappa shape index (κ1) is 29.4. The van der Waals surface area contributed by atoms with Crippen LogP contribution in [0.25, 0.3) is 0 Å².